The van der Waals surface area contributed by atoms with Crippen LogP contribution in [0.3, 0.4) is 0 Å². The number of fused-ring (bicyclic) bond motifs is 2. The Morgan fingerprint density at radius 1 is 1.17 bits per heavy atom. The molecule has 2 atom stereocenters. The van der Waals surface area contributed by atoms with E-state index >= 15 is 0 Å². The number of aromatic nitrogens is 1. The molecule has 0 bridgehead atoms. The second-order valence-electron chi connectivity index (χ2n) is 9.70. The molecular weight excluding hydrogens is 469 g/mol. The van der Waals surface area contributed by atoms with Gasteiger partial charge in [0.05, 0.1) is 33.0 Å². The van der Waals surface area contributed by atoms with Gasteiger partial charge in [0.1, 0.15) is 12.4 Å². The van der Waals surface area contributed by atoms with Crippen LogP contribution in [0, 0.1) is 0 Å². The monoisotopic (exact) mass is 504 g/mol. The molecule has 2 aliphatic rings. The van der Waals surface area contributed by atoms with Crippen molar-refractivity contribution >= 4 is 5.57 Å². The van der Waals surface area contributed by atoms with Crippen molar-refractivity contribution in [3.63, 3.8) is 0 Å². The summed E-state index contributed by atoms with van der Waals surface area (Å²) in [5.41, 5.74) is 5.34. The van der Waals surface area contributed by atoms with Crippen LogP contribution in [0.2, 0.25) is 0 Å². The number of pyridine rings is 1. The van der Waals surface area contributed by atoms with Gasteiger partial charge in [-0.25, -0.2) is 13.8 Å². The number of benzene rings is 1. The number of ether oxygens (including phenoxy) is 2. The number of alkyl halides is 3. The van der Waals surface area contributed by atoms with Crippen LogP contribution in [0.5, 0.6) is 11.6 Å². The predicted molar refractivity (Wildman–Crippen MR) is 133 cm³/mol. The Kier molecular flexibility index (Phi) is 8.57. The zero-order chi connectivity index (χ0) is 25.7. The highest BCUT2D eigenvalue weighted by Gasteiger charge is 2.44. The van der Waals surface area contributed by atoms with Gasteiger partial charge in [0.2, 0.25) is 5.88 Å². The summed E-state index contributed by atoms with van der Waals surface area (Å²) in [7, 11) is 1.55. The lowest BCUT2D eigenvalue weighted by Gasteiger charge is -2.43. The Morgan fingerprint density at radius 2 is 1.94 bits per heavy atom. The summed E-state index contributed by atoms with van der Waals surface area (Å²) in [5.74, 6) is -2.31. The van der Waals surface area contributed by atoms with E-state index in [0.29, 0.717) is 43.1 Å². The number of rotatable bonds is 12. The van der Waals surface area contributed by atoms with Gasteiger partial charge >= 0.3 is 0 Å². The number of aliphatic hydroxyl groups is 1. The van der Waals surface area contributed by atoms with Crippen LogP contribution in [0.4, 0.5) is 13.2 Å². The van der Waals surface area contributed by atoms with Crippen molar-refractivity contribution in [2.75, 3.05) is 33.5 Å². The van der Waals surface area contributed by atoms with Crippen molar-refractivity contribution in [3.8, 4) is 11.6 Å². The van der Waals surface area contributed by atoms with Crippen LogP contribution < -0.4 is 9.47 Å². The van der Waals surface area contributed by atoms with Crippen molar-refractivity contribution < 1.29 is 27.8 Å². The summed E-state index contributed by atoms with van der Waals surface area (Å²) in [4.78, 5) is 6.26. The number of halogens is 3. The summed E-state index contributed by atoms with van der Waals surface area (Å²) >= 11 is 0. The van der Waals surface area contributed by atoms with Crippen LogP contribution in [0.15, 0.2) is 42.1 Å². The fourth-order valence-electron chi connectivity index (χ4n) is 5.37. The van der Waals surface area contributed by atoms with Gasteiger partial charge in [-0.05, 0) is 61.3 Å². The third kappa shape index (κ3) is 5.70. The van der Waals surface area contributed by atoms with Gasteiger partial charge in [-0.2, -0.15) is 0 Å². The lowest BCUT2D eigenvalue weighted by Crippen LogP contribution is -2.48. The van der Waals surface area contributed by atoms with Gasteiger partial charge in [-0.3, -0.25) is 9.29 Å². The van der Waals surface area contributed by atoms with Crippen molar-refractivity contribution in [1.29, 1.82) is 0 Å². The molecule has 2 aromatic rings. The van der Waals surface area contributed by atoms with Crippen LogP contribution in [0.1, 0.15) is 61.8 Å². The van der Waals surface area contributed by atoms with Crippen LogP contribution in [-0.4, -0.2) is 60.5 Å². The second-order valence-corrected chi connectivity index (χ2v) is 9.70. The van der Waals surface area contributed by atoms with Gasteiger partial charge < -0.3 is 14.6 Å². The van der Waals surface area contributed by atoms with Crippen molar-refractivity contribution in [3.05, 3.63) is 58.8 Å². The minimum Gasteiger partial charge on any atom is -0.496 e. The molecule has 0 saturated heterocycles. The van der Waals surface area contributed by atoms with Gasteiger partial charge in [0, 0.05) is 23.9 Å². The zero-order valence-corrected chi connectivity index (χ0v) is 21.0. The largest absolute Gasteiger partial charge is 0.496 e. The summed E-state index contributed by atoms with van der Waals surface area (Å²) in [6.45, 7) is 0.337. The third-order valence-electron chi connectivity index (χ3n) is 7.15. The maximum absolute atomic E-state index is 14.5. The lowest BCUT2D eigenvalue weighted by atomic mass is 9.85. The molecular formula is C28H35F3N2O3. The molecule has 36 heavy (non-hydrogen) atoms. The van der Waals surface area contributed by atoms with E-state index < -0.39 is 25.1 Å². The first kappa shape index (κ1) is 26.5. The molecule has 0 fully saturated rings. The highest BCUT2D eigenvalue weighted by Crippen LogP contribution is 2.50. The Labute approximate surface area is 210 Å². The Balaban J connectivity index is 1.65. The highest BCUT2D eigenvalue weighted by atomic mass is 19.3. The van der Waals surface area contributed by atoms with Crippen molar-refractivity contribution in [2.24, 2.45) is 0 Å². The van der Waals surface area contributed by atoms with E-state index in [9.17, 15) is 18.3 Å². The molecule has 1 aliphatic heterocycles. The van der Waals surface area contributed by atoms with Crippen LogP contribution in [-0.2, 0) is 6.42 Å². The molecule has 4 rings (SSSR count). The molecule has 0 unspecified atom stereocenters. The Bertz CT molecular complexity index is 1080. The van der Waals surface area contributed by atoms with Gasteiger partial charge in [-0.1, -0.05) is 30.7 Å². The first-order valence-electron chi connectivity index (χ1n) is 12.7. The molecule has 5 nitrogen and oxygen atoms in total. The van der Waals surface area contributed by atoms with Gasteiger partial charge in [0.25, 0.3) is 5.92 Å². The molecule has 196 valence electrons. The van der Waals surface area contributed by atoms with Crippen molar-refractivity contribution in [2.45, 2.75) is 63.5 Å². The lowest BCUT2D eigenvalue weighted by molar-refractivity contribution is -0.0859. The topological polar surface area (TPSA) is 54.8 Å². The third-order valence-corrected chi connectivity index (χ3v) is 7.15. The normalized spacial score (nSPS) is 19.8. The van der Waals surface area contributed by atoms with E-state index in [4.69, 9.17) is 9.47 Å². The summed E-state index contributed by atoms with van der Waals surface area (Å²) < 4.78 is 52.8. The maximum Gasteiger partial charge on any atom is 0.283 e. The van der Waals surface area contributed by atoms with E-state index in [1.807, 2.05) is 19.1 Å². The number of hydrogen-bond donors (Lipinski definition) is 1. The average molecular weight is 505 g/mol. The van der Waals surface area contributed by atoms with Crippen LogP contribution in [0.25, 0.3) is 5.57 Å². The first-order valence-corrected chi connectivity index (χ1v) is 12.7. The molecule has 8 heteroatoms. The molecule has 1 aliphatic carbocycles. The van der Waals surface area contributed by atoms with E-state index in [1.54, 1.807) is 24.3 Å². The van der Waals surface area contributed by atoms with E-state index in [1.165, 1.54) is 16.7 Å². The summed E-state index contributed by atoms with van der Waals surface area (Å²) in [5, 5.41) is 9.32. The number of methoxy groups -OCH3 is 1. The highest BCUT2D eigenvalue weighted by molar-refractivity contribution is 5.79. The quantitative estimate of drug-likeness (QED) is 0.372. The van der Waals surface area contributed by atoms with Gasteiger partial charge in [0.15, 0.2) is 0 Å². The number of hydrogen-bond acceptors (Lipinski definition) is 5. The molecule has 1 aromatic heterocycles. The fraction of sp³-hybridized carbons (Fsp3) is 0.536. The minimum atomic E-state index is -3.23. The van der Waals surface area contributed by atoms with Crippen molar-refractivity contribution in [1.82, 2.24) is 9.88 Å². The standard InChI is InChI=1S/C28H35F3N2O3/c1-19-13-22-21-10-6-5-9-20(21)14-23(22)27(33(19)17-28(30,31)18-34)24-16-32-26(15-25(24)35-2)36-12-8-4-3-7-11-29/h5-6,9-10,15-16,19,27,34H,3-4,7-8,11-14,17-18H2,1-2H3/t19-,27+/m1/s1. The first-order chi connectivity index (χ1) is 17.4. The maximum atomic E-state index is 14.5. The molecule has 0 saturated carbocycles. The van der Waals surface area contributed by atoms with E-state index in [0.717, 1.165) is 24.8 Å². The molecule has 0 spiro atoms. The minimum absolute atomic E-state index is 0.178. The zero-order valence-electron chi connectivity index (χ0n) is 21.0. The summed E-state index contributed by atoms with van der Waals surface area (Å²) in [6.07, 6.45) is 6.05. The van der Waals surface area contributed by atoms with E-state index in [-0.39, 0.29) is 12.7 Å². The number of aliphatic hydroxyl groups excluding tert-OH is 1. The van der Waals surface area contributed by atoms with Crippen LogP contribution >= 0.6 is 0 Å². The predicted octanol–water partition coefficient (Wildman–Crippen LogP) is 5.77. The Morgan fingerprint density at radius 3 is 2.69 bits per heavy atom. The smallest absolute Gasteiger partial charge is 0.283 e. The Hall–Kier alpha value is -2.58. The molecule has 0 amide bonds. The molecule has 2 heterocycles. The molecule has 0 radical (unpaired) electrons. The summed E-state index contributed by atoms with van der Waals surface area (Å²) in [6, 6.07) is 9.25. The SMILES string of the molecule is COc1cc(OCCCCCCF)ncc1[C@@H]1C2=C(C[C@@H](C)N1CC(F)(F)CO)c1ccccc1C2. The second kappa shape index (κ2) is 11.6. The van der Waals surface area contributed by atoms with Gasteiger partial charge in [-0.15, -0.1) is 0 Å². The fourth-order valence-corrected chi connectivity index (χ4v) is 5.37. The number of nitrogens with zero attached hydrogens (tertiary/aromatic N) is 2. The molecule has 1 N–H and O–H groups in total. The average Bonchev–Trinajstić information content (AvgIpc) is 3.24. The van der Waals surface area contributed by atoms with E-state index in [2.05, 4.69) is 17.1 Å². The number of unbranched alkanes of at least 4 members (excludes halogenated alkanes) is 3. The molecule has 1 aromatic carbocycles.